The van der Waals surface area contributed by atoms with Crippen LogP contribution in [0.2, 0.25) is 0 Å². The number of hydrogen-bond acceptors (Lipinski definition) is 6. The van der Waals surface area contributed by atoms with Crippen LogP contribution >= 0.6 is 11.3 Å². The molecule has 3 aliphatic rings. The van der Waals surface area contributed by atoms with Gasteiger partial charge in [0, 0.05) is 51.7 Å². The van der Waals surface area contributed by atoms with Crippen LogP contribution in [0.3, 0.4) is 0 Å². The van der Waals surface area contributed by atoms with Gasteiger partial charge in [0.2, 0.25) is 12.7 Å². The summed E-state index contributed by atoms with van der Waals surface area (Å²) in [7, 11) is 2.10. The number of likely N-dealkylation sites (N-methyl/N-ethyl adjacent to an activating group) is 1. The largest absolute Gasteiger partial charge is 0.454 e. The van der Waals surface area contributed by atoms with Crippen molar-refractivity contribution in [2.24, 2.45) is 5.92 Å². The first-order chi connectivity index (χ1) is 17.1. The summed E-state index contributed by atoms with van der Waals surface area (Å²) in [5.74, 6) is 1.83. The maximum absolute atomic E-state index is 13.6. The molecule has 0 saturated carbocycles. The molecule has 2 aromatic heterocycles. The van der Waals surface area contributed by atoms with Gasteiger partial charge in [-0.3, -0.25) is 9.59 Å². The molecule has 1 aromatic carbocycles. The van der Waals surface area contributed by atoms with E-state index in [1.807, 2.05) is 34.1 Å². The number of nitrogens with zero attached hydrogens (tertiary/aromatic N) is 4. The van der Waals surface area contributed by atoms with Crippen molar-refractivity contribution in [1.82, 2.24) is 19.3 Å². The van der Waals surface area contributed by atoms with Crippen LogP contribution in [0.4, 0.5) is 0 Å². The molecule has 8 nitrogen and oxygen atoms in total. The Bertz CT molecular complexity index is 1250. The molecule has 6 rings (SSSR count). The molecule has 5 heterocycles. The number of hydrogen-bond donors (Lipinski definition) is 0. The molecule has 2 fully saturated rings. The number of carbonyl (C=O) groups is 2. The molecule has 0 atom stereocenters. The molecule has 0 aliphatic carbocycles. The van der Waals surface area contributed by atoms with Crippen LogP contribution in [0.15, 0.2) is 35.7 Å². The normalized spacial score (nSPS) is 19.0. The topological polar surface area (TPSA) is 67.2 Å². The smallest absolute Gasteiger partial charge is 0.270 e. The highest BCUT2D eigenvalue weighted by Crippen LogP contribution is 2.34. The van der Waals surface area contributed by atoms with Gasteiger partial charge in [-0.2, -0.15) is 0 Å². The van der Waals surface area contributed by atoms with E-state index in [0.29, 0.717) is 25.3 Å². The molecule has 184 valence electrons. The summed E-state index contributed by atoms with van der Waals surface area (Å²) in [5.41, 5.74) is 2.83. The number of aromatic nitrogens is 1. The van der Waals surface area contributed by atoms with Crippen LogP contribution < -0.4 is 9.47 Å². The number of likely N-dealkylation sites (tertiary alicyclic amines) is 1. The van der Waals surface area contributed by atoms with Crippen molar-refractivity contribution in [2.75, 3.05) is 53.1 Å². The fourth-order valence-corrected chi connectivity index (χ4v) is 6.15. The van der Waals surface area contributed by atoms with Crippen LogP contribution in [0.25, 0.3) is 10.2 Å². The van der Waals surface area contributed by atoms with Gasteiger partial charge in [-0.05, 0) is 55.1 Å². The lowest BCUT2D eigenvalue weighted by Gasteiger charge is -2.37. The third kappa shape index (κ3) is 4.27. The lowest BCUT2D eigenvalue weighted by molar-refractivity contribution is -0.138. The Kier molecular flexibility index (Phi) is 5.89. The Labute approximate surface area is 208 Å². The van der Waals surface area contributed by atoms with Gasteiger partial charge in [-0.25, -0.2) is 0 Å². The molecule has 3 aliphatic heterocycles. The maximum Gasteiger partial charge on any atom is 0.270 e. The minimum Gasteiger partial charge on any atom is -0.454 e. The Morgan fingerprint density at radius 2 is 1.71 bits per heavy atom. The summed E-state index contributed by atoms with van der Waals surface area (Å²) >= 11 is 1.65. The van der Waals surface area contributed by atoms with Crippen molar-refractivity contribution >= 4 is 33.4 Å². The fraction of sp³-hybridized carbons (Fsp3) is 0.462. The second-order valence-corrected chi connectivity index (χ2v) is 10.6. The first kappa shape index (κ1) is 22.4. The Balaban J connectivity index is 1.16. The lowest BCUT2D eigenvalue weighted by atomic mass is 9.94. The number of benzene rings is 1. The monoisotopic (exact) mass is 494 g/mol. The Morgan fingerprint density at radius 3 is 2.51 bits per heavy atom. The van der Waals surface area contributed by atoms with E-state index in [-0.39, 0.29) is 24.5 Å². The zero-order valence-electron chi connectivity index (χ0n) is 19.9. The van der Waals surface area contributed by atoms with Crippen molar-refractivity contribution < 1.29 is 19.1 Å². The number of piperazine rings is 1. The predicted octanol–water partition coefficient (Wildman–Crippen LogP) is 3.11. The molecule has 2 saturated heterocycles. The molecule has 0 unspecified atom stereocenters. The SMILES string of the molecule is CN1CCN(C(=O)C2CCN(C(=O)c3cc4sccc4n3Cc3ccc4c(c3)OCO4)CC2)CC1. The number of fused-ring (bicyclic) bond motifs is 2. The van der Waals surface area contributed by atoms with E-state index in [9.17, 15) is 9.59 Å². The number of rotatable bonds is 4. The summed E-state index contributed by atoms with van der Waals surface area (Å²) in [4.78, 5) is 32.8. The van der Waals surface area contributed by atoms with Crippen LogP contribution in [-0.2, 0) is 11.3 Å². The van der Waals surface area contributed by atoms with Crippen molar-refractivity contribution in [3.8, 4) is 11.5 Å². The van der Waals surface area contributed by atoms with Crippen molar-refractivity contribution in [2.45, 2.75) is 19.4 Å². The summed E-state index contributed by atoms with van der Waals surface area (Å²) < 4.78 is 14.2. The fourth-order valence-electron chi connectivity index (χ4n) is 5.32. The minimum absolute atomic E-state index is 0.0198. The molecule has 2 amide bonds. The minimum atomic E-state index is 0.0198. The van der Waals surface area contributed by atoms with Crippen LogP contribution in [-0.4, -0.2) is 84.2 Å². The summed E-state index contributed by atoms with van der Waals surface area (Å²) in [6.45, 7) is 5.53. The molecule has 0 N–H and O–H groups in total. The number of piperidine rings is 1. The van der Waals surface area contributed by atoms with E-state index in [1.54, 1.807) is 11.3 Å². The van der Waals surface area contributed by atoms with Crippen molar-refractivity contribution in [3.63, 3.8) is 0 Å². The lowest BCUT2D eigenvalue weighted by Crippen LogP contribution is -2.51. The van der Waals surface area contributed by atoms with E-state index in [1.165, 1.54) is 0 Å². The van der Waals surface area contributed by atoms with Gasteiger partial charge >= 0.3 is 0 Å². The number of thiophene rings is 1. The maximum atomic E-state index is 13.6. The van der Waals surface area contributed by atoms with E-state index < -0.39 is 0 Å². The summed E-state index contributed by atoms with van der Waals surface area (Å²) in [6, 6.07) is 10.0. The van der Waals surface area contributed by atoms with E-state index in [2.05, 4.69) is 28.0 Å². The average Bonchev–Trinajstić information content (AvgIpc) is 3.61. The molecule has 9 heteroatoms. The zero-order chi connectivity index (χ0) is 23.9. The average molecular weight is 495 g/mol. The van der Waals surface area contributed by atoms with Crippen LogP contribution in [0.1, 0.15) is 28.9 Å². The van der Waals surface area contributed by atoms with Crippen LogP contribution in [0.5, 0.6) is 11.5 Å². The van der Waals surface area contributed by atoms with Gasteiger partial charge in [0.15, 0.2) is 11.5 Å². The Hall–Kier alpha value is -3.04. The second-order valence-electron chi connectivity index (χ2n) is 9.67. The second kappa shape index (κ2) is 9.20. The molecule has 35 heavy (non-hydrogen) atoms. The molecule has 3 aromatic rings. The van der Waals surface area contributed by atoms with Crippen LogP contribution in [0, 0.1) is 5.92 Å². The highest BCUT2D eigenvalue weighted by atomic mass is 32.1. The highest BCUT2D eigenvalue weighted by Gasteiger charge is 2.32. The summed E-state index contributed by atoms with van der Waals surface area (Å²) in [6.07, 6.45) is 1.46. The summed E-state index contributed by atoms with van der Waals surface area (Å²) in [5, 5.41) is 2.06. The van der Waals surface area contributed by atoms with Crippen molar-refractivity contribution in [3.05, 3.63) is 47.0 Å². The third-order valence-electron chi connectivity index (χ3n) is 7.47. The number of amides is 2. The number of carbonyl (C=O) groups excluding carboxylic acids is 2. The molecule has 0 spiro atoms. The van der Waals surface area contributed by atoms with E-state index >= 15 is 0 Å². The quantitative estimate of drug-likeness (QED) is 0.558. The van der Waals surface area contributed by atoms with Gasteiger partial charge < -0.3 is 28.7 Å². The van der Waals surface area contributed by atoms with E-state index in [4.69, 9.17) is 9.47 Å². The highest BCUT2D eigenvalue weighted by molar-refractivity contribution is 7.17. The van der Waals surface area contributed by atoms with Gasteiger partial charge in [0.05, 0.1) is 10.2 Å². The molecular weight excluding hydrogens is 464 g/mol. The van der Waals surface area contributed by atoms with Crippen molar-refractivity contribution in [1.29, 1.82) is 0 Å². The molecular formula is C26H30N4O4S. The van der Waals surface area contributed by atoms with Gasteiger partial charge in [0.25, 0.3) is 5.91 Å². The molecule has 0 bridgehead atoms. The number of ether oxygens (including phenoxy) is 2. The Morgan fingerprint density at radius 1 is 0.943 bits per heavy atom. The van der Waals surface area contributed by atoms with Gasteiger partial charge in [-0.15, -0.1) is 11.3 Å². The predicted molar refractivity (Wildman–Crippen MR) is 134 cm³/mol. The standard InChI is InChI=1S/C26H30N4O4S/c1-27-9-11-29(12-10-27)25(31)19-4-7-28(8-5-19)26(32)21-15-24-20(6-13-35-24)30(21)16-18-2-3-22-23(14-18)34-17-33-22/h2-3,6,13-15,19H,4-5,7-12,16-17H2,1H3. The molecule has 0 radical (unpaired) electrons. The zero-order valence-corrected chi connectivity index (χ0v) is 20.8. The van der Waals surface area contributed by atoms with E-state index in [0.717, 1.165) is 66.3 Å². The first-order valence-electron chi connectivity index (χ1n) is 12.3. The first-order valence-corrected chi connectivity index (χ1v) is 13.2. The third-order valence-corrected chi connectivity index (χ3v) is 8.32. The van der Waals surface area contributed by atoms with Gasteiger partial charge in [0.1, 0.15) is 5.69 Å². The van der Waals surface area contributed by atoms with Gasteiger partial charge in [-0.1, -0.05) is 6.07 Å².